The third kappa shape index (κ3) is 3.31. The van der Waals surface area contributed by atoms with Crippen LogP contribution < -0.4 is 5.43 Å². The van der Waals surface area contributed by atoms with Gasteiger partial charge in [-0.25, -0.2) is 5.43 Å². The number of hydrazone groups is 1. The van der Waals surface area contributed by atoms with E-state index in [2.05, 4.69) is 42.4 Å². The molecule has 0 saturated heterocycles. The standard InChI is InChI=1S/C10H10Br2N2O2/c1-5(13-14-6(2)15)8-3-7(11)4-9(12)10(8)16/h3-4,16H,1-2H3,(H,14,15)/b13-5+. The van der Waals surface area contributed by atoms with Crippen molar-refractivity contribution in [1.29, 1.82) is 0 Å². The van der Waals surface area contributed by atoms with Crippen LogP contribution in [0.15, 0.2) is 26.2 Å². The Kier molecular flexibility index (Phi) is 4.49. The lowest BCUT2D eigenvalue weighted by molar-refractivity contribution is -0.118. The van der Waals surface area contributed by atoms with E-state index in [0.717, 1.165) is 4.47 Å². The van der Waals surface area contributed by atoms with Gasteiger partial charge in [-0.15, -0.1) is 0 Å². The number of phenols is 1. The van der Waals surface area contributed by atoms with Gasteiger partial charge in [-0.1, -0.05) is 15.9 Å². The third-order valence-electron chi connectivity index (χ3n) is 1.80. The Labute approximate surface area is 110 Å². The molecule has 1 amide bonds. The molecule has 0 aliphatic rings. The van der Waals surface area contributed by atoms with E-state index in [1.54, 1.807) is 19.1 Å². The summed E-state index contributed by atoms with van der Waals surface area (Å²) in [5, 5.41) is 13.6. The van der Waals surface area contributed by atoms with E-state index in [4.69, 9.17) is 0 Å². The molecule has 1 aromatic rings. The van der Waals surface area contributed by atoms with Crippen LogP contribution in [0.2, 0.25) is 0 Å². The van der Waals surface area contributed by atoms with Crippen molar-refractivity contribution in [3.8, 4) is 5.75 Å². The van der Waals surface area contributed by atoms with Crippen LogP contribution in [0.1, 0.15) is 19.4 Å². The summed E-state index contributed by atoms with van der Waals surface area (Å²) in [6, 6.07) is 3.45. The molecule has 0 saturated carbocycles. The summed E-state index contributed by atoms with van der Waals surface area (Å²) in [5.41, 5.74) is 3.39. The molecule has 0 spiro atoms. The zero-order valence-electron chi connectivity index (χ0n) is 8.71. The highest BCUT2D eigenvalue weighted by Gasteiger charge is 2.10. The minimum absolute atomic E-state index is 0.0924. The Morgan fingerprint density at radius 1 is 1.38 bits per heavy atom. The van der Waals surface area contributed by atoms with Crippen molar-refractivity contribution in [1.82, 2.24) is 5.43 Å². The van der Waals surface area contributed by atoms with Gasteiger partial charge < -0.3 is 5.11 Å². The van der Waals surface area contributed by atoms with Gasteiger partial charge >= 0.3 is 0 Å². The van der Waals surface area contributed by atoms with Crippen LogP contribution in [0.3, 0.4) is 0 Å². The van der Waals surface area contributed by atoms with E-state index in [1.807, 2.05) is 0 Å². The van der Waals surface area contributed by atoms with Crippen LogP contribution in [0, 0.1) is 0 Å². The normalized spacial score (nSPS) is 11.4. The van der Waals surface area contributed by atoms with Crippen molar-refractivity contribution in [2.45, 2.75) is 13.8 Å². The first-order chi connectivity index (χ1) is 7.41. The van der Waals surface area contributed by atoms with Crippen molar-refractivity contribution < 1.29 is 9.90 Å². The molecule has 0 aliphatic carbocycles. The van der Waals surface area contributed by atoms with Gasteiger partial charge in [0.05, 0.1) is 10.2 Å². The van der Waals surface area contributed by atoms with Crippen LogP contribution >= 0.6 is 31.9 Å². The van der Waals surface area contributed by atoms with E-state index in [1.165, 1.54) is 6.92 Å². The summed E-state index contributed by atoms with van der Waals surface area (Å²) in [4.78, 5) is 10.7. The summed E-state index contributed by atoms with van der Waals surface area (Å²) in [6.45, 7) is 3.07. The molecule has 0 heterocycles. The van der Waals surface area contributed by atoms with Crippen molar-refractivity contribution in [3.05, 3.63) is 26.6 Å². The average Bonchev–Trinajstić information content (AvgIpc) is 2.19. The number of carbonyl (C=O) groups is 1. The largest absolute Gasteiger partial charge is 0.506 e. The van der Waals surface area contributed by atoms with Crippen LogP contribution in [0.4, 0.5) is 0 Å². The maximum absolute atomic E-state index is 10.7. The number of hydrogen-bond donors (Lipinski definition) is 2. The SMILES string of the molecule is CC(=O)N/N=C(\C)c1cc(Br)cc(Br)c1O. The summed E-state index contributed by atoms with van der Waals surface area (Å²) >= 11 is 6.53. The summed E-state index contributed by atoms with van der Waals surface area (Å²) in [7, 11) is 0. The fourth-order valence-corrected chi connectivity index (χ4v) is 2.29. The predicted molar refractivity (Wildman–Crippen MR) is 69.5 cm³/mol. The first-order valence-electron chi connectivity index (χ1n) is 4.41. The van der Waals surface area contributed by atoms with E-state index >= 15 is 0 Å². The molecule has 1 aromatic carbocycles. The van der Waals surface area contributed by atoms with Crippen molar-refractivity contribution in [2.24, 2.45) is 5.10 Å². The zero-order chi connectivity index (χ0) is 12.3. The van der Waals surface area contributed by atoms with Crippen molar-refractivity contribution in [2.75, 3.05) is 0 Å². The number of rotatable bonds is 2. The molecule has 0 atom stereocenters. The second-order valence-corrected chi connectivity index (χ2v) is 4.92. The van der Waals surface area contributed by atoms with Gasteiger partial charge in [-0.05, 0) is 35.0 Å². The number of nitrogens with one attached hydrogen (secondary N) is 1. The maximum atomic E-state index is 10.7. The lowest BCUT2D eigenvalue weighted by Gasteiger charge is -2.07. The number of benzene rings is 1. The first-order valence-corrected chi connectivity index (χ1v) is 5.99. The van der Waals surface area contributed by atoms with Gasteiger partial charge in [0.15, 0.2) is 0 Å². The number of carbonyl (C=O) groups excluding carboxylic acids is 1. The smallest absolute Gasteiger partial charge is 0.236 e. The Bertz CT molecular complexity index is 458. The summed E-state index contributed by atoms with van der Waals surface area (Å²) < 4.78 is 1.37. The van der Waals surface area contributed by atoms with Crippen LogP contribution in [0.5, 0.6) is 5.75 Å². The molecule has 0 radical (unpaired) electrons. The molecule has 4 nitrogen and oxygen atoms in total. The zero-order valence-corrected chi connectivity index (χ0v) is 11.9. The summed E-state index contributed by atoms with van der Waals surface area (Å²) in [6.07, 6.45) is 0. The lowest BCUT2D eigenvalue weighted by Crippen LogP contribution is -2.15. The number of nitrogens with zero attached hydrogens (tertiary/aromatic N) is 1. The Hall–Kier alpha value is -0.880. The quantitative estimate of drug-likeness (QED) is 0.637. The molecule has 2 N–H and O–H groups in total. The minimum Gasteiger partial charge on any atom is -0.506 e. The van der Waals surface area contributed by atoms with Crippen LogP contribution in [0.25, 0.3) is 0 Å². The van der Waals surface area contributed by atoms with Gasteiger partial charge in [0, 0.05) is 17.0 Å². The topological polar surface area (TPSA) is 61.7 Å². The van der Waals surface area contributed by atoms with Crippen LogP contribution in [-0.2, 0) is 4.79 Å². The summed E-state index contributed by atoms with van der Waals surface area (Å²) in [5.74, 6) is -0.164. The highest BCUT2D eigenvalue weighted by molar-refractivity contribution is 9.11. The average molecular weight is 350 g/mol. The molecular formula is C10H10Br2N2O2. The van der Waals surface area contributed by atoms with Gasteiger partial charge in [0.25, 0.3) is 0 Å². The lowest BCUT2D eigenvalue weighted by atomic mass is 10.1. The monoisotopic (exact) mass is 348 g/mol. The molecule has 6 heteroatoms. The molecule has 0 fully saturated rings. The number of halogens is 2. The Balaban J connectivity index is 3.12. The van der Waals surface area contributed by atoms with E-state index in [9.17, 15) is 9.90 Å². The highest BCUT2D eigenvalue weighted by Crippen LogP contribution is 2.31. The predicted octanol–water partition coefficient (Wildman–Crippen LogP) is 2.78. The third-order valence-corrected chi connectivity index (χ3v) is 2.86. The van der Waals surface area contributed by atoms with Gasteiger partial charge in [-0.2, -0.15) is 5.10 Å². The second kappa shape index (κ2) is 5.45. The van der Waals surface area contributed by atoms with Gasteiger partial charge in [0.1, 0.15) is 5.75 Å². The number of hydrogen-bond acceptors (Lipinski definition) is 3. The highest BCUT2D eigenvalue weighted by atomic mass is 79.9. The fourth-order valence-electron chi connectivity index (χ4n) is 1.06. The van der Waals surface area contributed by atoms with E-state index in [0.29, 0.717) is 15.7 Å². The van der Waals surface area contributed by atoms with E-state index in [-0.39, 0.29) is 11.7 Å². The molecule has 0 aromatic heterocycles. The fraction of sp³-hybridized carbons (Fsp3) is 0.200. The Morgan fingerprint density at radius 2 is 2.00 bits per heavy atom. The molecule has 0 aliphatic heterocycles. The van der Waals surface area contributed by atoms with E-state index < -0.39 is 0 Å². The maximum Gasteiger partial charge on any atom is 0.236 e. The number of phenolic OH excluding ortho intramolecular Hbond substituents is 1. The number of amides is 1. The van der Waals surface area contributed by atoms with Crippen molar-refractivity contribution >= 4 is 43.5 Å². The molecule has 0 unspecified atom stereocenters. The molecule has 86 valence electrons. The molecule has 16 heavy (non-hydrogen) atoms. The molecule has 1 rings (SSSR count). The number of aromatic hydroxyl groups is 1. The van der Waals surface area contributed by atoms with Gasteiger partial charge in [-0.3, -0.25) is 4.79 Å². The molecule has 0 bridgehead atoms. The van der Waals surface area contributed by atoms with Crippen LogP contribution in [-0.4, -0.2) is 16.7 Å². The first kappa shape index (κ1) is 13.2. The minimum atomic E-state index is -0.257. The van der Waals surface area contributed by atoms with Crippen molar-refractivity contribution in [3.63, 3.8) is 0 Å². The Morgan fingerprint density at radius 3 is 2.56 bits per heavy atom. The van der Waals surface area contributed by atoms with Gasteiger partial charge in [0.2, 0.25) is 5.91 Å². The second-order valence-electron chi connectivity index (χ2n) is 3.15. The molecular weight excluding hydrogens is 340 g/mol.